The van der Waals surface area contributed by atoms with E-state index in [0.717, 1.165) is 32.0 Å². The number of hydrogen-bond donors (Lipinski definition) is 0. The van der Waals surface area contributed by atoms with Crippen molar-refractivity contribution in [2.75, 3.05) is 0 Å². The monoisotopic (exact) mass is 236 g/mol. The van der Waals surface area contributed by atoms with Crippen molar-refractivity contribution in [3.63, 3.8) is 0 Å². The van der Waals surface area contributed by atoms with Crippen molar-refractivity contribution in [3.05, 3.63) is 23.3 Å². The average molecular weight is 236 g/mol. The number of allylic oxidation sites excluding steroid dienone is 4. The van der Waals surface area contributed by atoms with Crippen molar-refractivity contribution in [2.45, 2.75) is 59.3 Å². The Morgan fingerprint density at radius 3 is 1.76 bits per heavy atom. The molecule has 0 saturated heterocycles. The molecule has 0 aromatic carbocycles. The largest absolute Gasteiger partial charge is 0.303 e. The van der Waals surface area contributed by atoms with E-state index in [1.807, 2.05) is 0 Å². The Morgan fingerprint density at radius 1 is 0.824 bits per heavy atom. The van der Waals surface area contributed by atoms with Crippen molar-refractivity contribution in [2.24, 2.45) is 0 Å². The highest BCUT2D eigenvalue weighted by Gasteiger charge is 1.93. The van der Waals surface area contributed by atoms with Gasteiger partial charge in [0, 0.05) is 12.8 Å². The van der Waals surface area contributed by atoms with Gasteiger partial charge in [-0.3, -0.25) is 0 Å². The molecule has 0 unspecified atom stereocenters. The van der Waals surface area contributed by atoms with Crippen LogP contribution in [0.25, 0.3) is 0 Å². The lowest BCUT2D eigenvalue weighted by molar-refractivity contribution is -0.117. The topological polar surface area (TPSA) is 34.1 Å². The third-order valence-electron chi connectivity index (χ3n) is 2.68. The second kappa shape index (κ2) is 10.0. The van der Waals surface area contributed by atoms with Crippen LogP contribution >= 0.6 is 0 Å². The highest BCUT2D eigenvalue weighted by molar-refractivity contribution is 5.75. The van der Waals surface area contributed by atoms with Crippen LogP contribution in [0.3, 0.4) is 0 Å². The summed E-state index contributed by atoms with van der Waals surface area (Å²) in [6, 6.07) is 0. The van der Waals surface area contributed by atoms with Crippen LogP contribution in [0.4, 0.5) is 0 Å². The molecule has 0 bridgehead atoms. The van der Waals surface area contributed by atoms with Gasteiger partial charge in [-0.15, -0.1) is 0 Å². The van der Waals surface area contributed by atoms with E-state index < -0.39 is 0 Å². The highest BCUT2D eigenvalue weighted by Crippen LogP contribution is 2.10. The fourth-order valence-electron chi connectivity index (χ4n) is 1.56. The maximum absolute atomic E-state index is 10.8. The molecule has 0 aromatic rings. The van der Waals surface area contributed by atoms with Gasteiger partial charge in [-0.25, -0.2) is 0 Å². The van der Waals surface area contributed by atoms with Crippen LogP contribution in [-0.2, 0) is 9.59 Å². The standard InChI is InChI=1S/C15H24O2/c1-13(9-5-11-15(3)17)7-4-8-14(2)10-6-12-16/h8-9,12H,4-7,10-11H2,1-3H3/b13-9-,14-8-. The van der Waals surface area contributed by atoms with E-state index in [-0.39, 0.29) is 5.78 Å². The quantitative estimate of drug-likeness (QED) is 0.448. The molecule has 0 saturated carbocycles. The van der Waals surface area contributed by atoms with E-state index in [2.05, 4.69) is 26.0 Å². The minimum Gasteiger partial charge on any atom is -0.303 e. The zero-order valence-electron chi connectivity index (χ0n) is 11.3. The van der Waals surface area contributed by atoms with Crippen LogP contribution in [0.1, 0.15) is 59.3 Å². The Hall–Kier alpha value is -1.18. The Kier molecular flexibility index (Phi) is 9.31. The molecule has 17 heavy (non-hydrogen) atoms. The summed E-state index contributed by atoms with van der Waals surface area (Å²) in [6.07, 6.45) is 10.4. The third kappa shape index (κ3) is 11.1. The van der Waals surface area contributed by atoms with E-state index in [9.17, 15) is 9.59 Å². The number of carbonyl (C=O) groups is 2. The van der Waals surface area contributed by atoms with Gasteiger partial charge < -0.3 is 9.59 Å². The summed E-state index contributed by atoms with van der Waals surface area (Å²) in [7, 11) is 0. The lowest BCUT2D eigenvalue weighted by atomic mass is 10.1. The van der Waals surface area contributed by atoms with E-state index in [4.69, 9.17) is 0 Å². The van der Waals surface area contributed by atoms with Crippen molar-refractivity contribution in [3.8, 4) is 0 Å². The SMILES string of the molecule is CC(=O)CC/C=C(/C)CC/C=C(/C)CCC=O. The molecule has 96 valence electrons. The minimum absolute atomic E-state index is 0.249. The molecule has 2 nitrogen and oxygen atoms in total. The van der Waals surface area contributed by atoms with Crippen LogP contribution in [0, 0.1) is 0 Å². The van der Waals surface area contributed by atoms with Gasteiger partial charge in [0.1, 0.15) is 12.1 Å². The molecule has 0 atom stereocenters. The molecule has 0 aliphatic carbocycles. The fourth-order valence-corrected chi connectivity index (χ4v) is 1.56. The summed E-state index contributed by atoms with van der Waals surface area (Å²) < 4.78 is 0. The van der Waals surface area contributed by atoms with Gasteiger partial charge in [0.05, 0.1) is 0 Å². The van der Waals surface area contributed by atoms with Crippen LogP contribution in [0.15, 0.2) is 23.3 Å². The first-order valence-corrected chi connectivity index (χ1v) is 6.30. The van der Waals surface area contributed by atoms with Gasteiger partial charge in [-0.2, -0.15) is 0 Å². The van der Waals surface area contributed by atoms with Crippen LogP contribution in [0.2, 0.25) is 0 Å². The second-order valence-corrected chi connectivity index (χ2v) is 4.59. The Morgan fingerprint density at radius 2 is 1.29 bits per heavy atom. The molecule has 2 heteroatoms. The van der Waals surface area contributed by atoms with Crippen molar-refractivity contribution in [1.29, 1.82) is 0 Å². The zero-order valence-corrected chi connectivity index (χ0v) is 11.3. The maximum Gasteiger partial charge on any atom is 0.130 e. The van der Waals surface area contributed by atoms with Gasteiger partial charge in [-0.1, -0.05) is 23.3 Å². The lowest BCUT2D eigenvalue weighted by Crippen LogP contribution is -1.87. The van der Waals surface area contributed by atoms with E-state index in [0.29, 0.717) is 12.8 Å². The summed E-state index contributed by atoms with van der Waals surface area (Å²) in [4.78, 5) is 21.0. The first kappa shape index (κ1) is 15.8. The fraction of sp³-hybridized carbons (Fsp3) is 0.600. The Balaban J connectivity index is 3.78. The van der Waals surface area contributed by atoms with Crippen LogP contribution in [0.5, 0.6) is 0 Å². The van der Waals surface area contributed by atoms with Gasteiger partial charge in [0.15, 0.2) is 0 Å². The molecule has 0 aliphatic rings. The molecule has 0 aromatic heterocycles. The molecule has 0 fully saturated rings. The van der Waals surface area contributed by atoms with Crippen molar-refractivity contribution < 1.29 is 9.59 Å². The zero-order chi connectivity index (χ0) is 13.1. The molecular weight excluding hydrogens is 212 g/mol. The molecule has 0 aliphatic heterocycles. The van der Waals surface area contributed by atoms with Gasteiger partial charge in [0.25, 0.3) is 0 Å². The van der Waals surface area contributed by atoms with E-state index >= 15 is 0 Å². The minimum atomic E-state index is 0.249. The number of carbonyl (C=O) groups excluding carboxylic acids is 2. The number of Topliss-reactive ketones (excluding diaryl/α,β-unsaturated/α-hetero) is 1. The summed E-state index contributed by atoms with van der Waals surface area (Å²) in [5.41, 5.74) is 2.62. The van der Waals surface area contributed by atoms with Gasteiger partial charge >= 0.3 is 0 Å². The lowest BCUT2D eigenvalue weighted by Gasteiger charge is -2.00. The number of aldehydes is 1. The smallest absolute Gasteiger partial charge is 0.130 e. The van der Waals surface area contributed by atoms with Gasteiger partial charge in [0.2, 0.25) is 0 Å². The number of ketones is 1. The number of rotatable bonds is 9. The second-order valence-electron chi connectivity index (χ2n) is 4.59. The van der Waals surface area contributed by atoms with E-state index in [1.165, 1.54) is 11.1 Å². The molecule has 0 N–H and O–H groups in total. The molecule has 0 heterocycles. The van der Waals surface area contributed by atoms with E-state index in [1.54, 1.807) is 6.92 Å². The molecule has 0 rings (SSSR count). The summed E-state index contributed by atoms with van der Waals surface area (Å²) in [6.45, 7) is 5.80. The summed E-state index contributed by atoms with van der Waals surface area (Å²) in [5.74, 6) is 0.249. The Labute approximate surface area is 105 Å². The Bertz CT molecular complexity index is 298. The maximum atomic E-state index is 10.8. The predicted octanol–water partition coefficient (Wildman–Crippen LogP) is 4.01. The first-order valence-electron chi connectivity index (χ1n) is 6.30. The highest BCUT2D eigenvalue weighted by atomic mass is 16.1. The molecule has 0 radical (unpaired) electrons. The normalized spacial score (nSPS) is 12.6. The van der Waals surface area contributed by atoms with Gasteiger partial charge in [-0.05, 0) is 46.5 Å². The average Bonchev–Trinajstić information content (AvgIpc) is 2.25. The summed E-state index contributed by atoms with van der Waals surface area (Å²) in [5, 5.41) is 0. The first-order chi connectivity index (χ1) is 8.06. The van der Waals surface area contributed by atoms with Crippen molar-refractivity contribution >= 4 is 12.1 Å². The van der Waals surface area contributed by atoms with Crippen molar-refractivity contribution in [1.82, 2.24) is 0 Å². The van der Waals surface area contributed by atoms with Crippen LogP contribution in [-0.4, -0.2) is 12.1 Å². The predicted molar refractivity (Wildman–Crippen MR) is 72.0 cm³/mol. The van der Waals surface area contributed by atoms with Crippen LogP contribution < -0.4 is 0 Å². The molecule has 0 spiro atoms. The number of hydrogen-bond acceptors (Lipinski definition) is 2. The molecular formula is C15H24O2. The molecule has 0 amide bonds. The summed E-state index contributed by atoms with van der Waals surface area (Å²) >= 11 is 0. The third-order valence-corrected chi connectivity index (χ3v) is 2.68.